The Kier molecular flexibility index (Phi) is 12.8. The van der Waals surface area contributed by atoms with Crippen molar-refractivity contribution in [1.29, 1.82) is 0 Å². The van der Waals surface area contributed by atoms with E-state index in [1.807, 2.05) is 0 Å². The molecule has 0 saturated carbocycles. The van der Waals surface area contributed by atoms with Gasteiger partial charge in [0.15, 0.2) is 0 Å². The first-order valence-electron chi connectivity index (χ1n) is 1.86. The van der Waals surface area contributed by atoms with Crippen LogP contribution >= 0.6 is 0 Å². The first kappa shape index (κ1) is 10.5. The summed E-state index contributed by atoms with van der Waals surface area (Å²) < 4.78 is 20.3. The molecule has 0 rings (SSSR count). The van der Waals surface area contributed by atoms with Gasteiger partial charge in [0.1, 0.15) is 0 Å². The molecule has 0 atom stereocenters. The average Bonchev–Trinajstić information content (AvgIpc) is 1.65. The summed E-state index contributed by atoms with van der Waals surface area (Å²) in [6, 6.07) is 0. The molecule has 0 unspecified atom stereocenters. The maximum atomic E-state index is 10.1. The highest BCUT2D eigenvalue weighted by atomic mass is 19.3. The van der Waals surface area contributed by atoms with Gasteiger partial charge < -0.3 is 10.2 Å². The highest BCUT2D eigenvalue weighted by Gasteiger charge is 1.65. The van der Waals surface area contributed by atoms with E-state index in [1.54, 1.807) is 0 Å². The van der Waals surface area contributed by atoms with E-state index in [9.17, 15) is 8.78 Å². The molecule has 0 aliphatic rings. The molecule has 0 saturated heterocycles. The van der Waals surface area contributed by atoms with Crippen molar-refractivity contribution in [2.75, 3.05) is 13.2 Å². The van der Waals surface area contributed by atoms with Gasteiger partial charge in [-0.1, -0.05) is 0 Å². The van der Waals surface area contributed by atoms with Crippen molar-refractivity contribution in [3.05, 3.63) is 12.7 Å². The number of aliphatic hydroxyl groups is 2. The van der Waals surface area contributed by atoms with Crippen LogP contribution in [0.15, 0.2) is 12.7 Å². The fraction of sp³-hybridized carbons (Fsp3) is 0.500. The van der Waals surface area contributed by atoms with E-state index in [0.717, 1.165) is 0 Å². The first-order chi connectivity index (χ1) is 3.65. The Labute approximate surface area is 46.1 Å². The standard InChI is InChI=1S/C2H2F2.C2H6O2/c1-2(3)4;3-1-2-4/h1H2;3-4H,1-2H2. The Morgan fingerprint density at radius 3 is 1.38 bits per heavy atom. The monoisotopic (exact) mass is 126 g/mol. The molecule has 8 heavy (non-hydrogen) atoms. The van der Waals surface area contributed by atoms with Crippen molar-refractivity contribution in [3.8, 4) is 0 Å². The Balaban J connectivity index is 0. The molecular weight excluding hydrogens is 118 g/mol. The largest absolute Gasteiger partial charge is 0.394 e. The van der Waals surface area contributed by atoms with Gasteiger partial charge in [0.05, 0.1) is 13.2 Å². The summed E-state index contributed by atoms with van der Waals surface area (Å²) in [7, 11) is 0. The summed E-state index contributed by atoms with van der Waals surface area (Å²) in [6.07, 6.45) is -1.83. The summed E-state index contributed by atoms with van der Waals surface area (Å²) >= 11 is 0. The number of hydrogen-bond acceptors (Lipinski definition) is 2. The molecule has 0 fully saturated rings. The minimum absolute atomic E-state index is 0.125. The second kappa shape index (κ2) is 9.72. The fourth-order valence-electron chi connectivity index (χ4n) is 0. The number of halogens is 2. The molecule has 0 spiro atoms. The van der Waals surface area contributed by atoms with Crippen LogP contribution in [-0.2, 0) is 0 Å². The lowest BCUT2D eigenvalue weighted by Crippen LogP contribution is -1.85. The Hall–Kier alpha value is -0.480. The Morgan fingerprint density at radius 1 is 1.25 bits per heavy atom. The summed E-state index contributed by atoms with van der Waals surface area (Å²) in [5.74, 6) is 0. The molecule has 0 radical (unpaired) electrons. The molecule has 2 N–H and O–H groups in total. The third kappa shape index (κ3) is 417. The van der Waals surface area contributed by atoms with Crippen LogP contribution < -0.4 is 0 Å². The normalized spacial score (nSPS) is 7.00. The molecule has 2 nitrogen and oxygen atoms in total. The van der Waals surface area contributed by atoms with Gasteiger partial charge in [-0.25, -0.2) is 0 Å². The van der Waals surface area contributed by atoms with Gasteiger partial charge in [-0.05, 0) is 6.58 Å². The Bertz CT molecular complexity index is 50.0. The van der Waals surface area contributed by atoms with Crippen LogP contribution in [-0.4, -0.2) is 23.4 Å². The second-order valence-corrected chi connectivity index (χ2v) is 0.786. The lowest BCUT2D eigenvalue weighted by molar-refractivity contribution is 0.186. The third-order valence-corrected chi connectivity index (χ3v) is 0.1000. The highest BCUT2D eigenvalue weighted by Crippen LogP contribution is 1.85. The zero-order valence-corrected chi connectivity index (χ0v) is 4.27. The molecule has 4 heteroatoms. The van der Waals surface area contributed by atoms with E-state index in [1.165, 1.54) is 0 Å². The topological polar surface area (TPSA) is 40.5 Å². The van der Waals surface area contributed by atoms with Crippen LogP contribution in [0.2, 0.25) is 0 Å². The van der Waals surface area contributed by atoms with Crippen molar-refractivity contribution in [2.24, 2.45) is 0 Å². The molecule has 0 aromatic carbocycles. The van der Waals surface area contributed by atoms with Crippen LogP contribution in [0.5, 0.6) is 0 Å². The minimum atomic E-state index is -1.83. The predicted octanol–water partition coefficient (Wildman–Crippen LogP) is 0.368. The van der Waals surface area contributed by atoms with E-state index >= 15 is 0 Å². The molecule has 0 aliphatic carbocycles. The molecule has 0 bridgehead atoms. The molecule has 50 valence electrons. The van der Waals surface area contributed by atoms with Crippen LogP contribution in [0.25, 0.3) is 0 Å². The molecular formula is C4H8F2O2. The number of rotatable bonds is 1. The summed E-state index contributed by atoms with van der Waals surface area (Å²) in [6.45, 7) is 1.97. The van der Waals surface area contributed by atoms with Crippen molar-refractivity contribution >= 4 is 0 Å². The Morgan fingerprint density at radius 2 is 1.38 bits per heavy atom. The summed E-state index contributed by atoms with van der Waals surface area (Å²) in [4.78, 5) is 0. The van der Waals surface area contributed by atoms with E-state index in [-0.39, 0.29) is 13.2 Å². The van der Waals surface area contributed by atoms with E-state index in [4.69, 9.17) is 10.2 Å². The second-order valence-electron chi connectivity index (χ2n) is 0.786. The van der Waals surface area contributed by atoms with Crippen molar-refractivity contribution < 1.29 is 19.0 Å². The first-order valence-corrected chi connectivity index (χ1v) is 1.86. The van der Waals surface area contributed by atoms with Crippen LogP contribution in [0.4, 0.5) is 8.78 Å². The fourth-order valence-corrected chi connectivity index (χ4v) is 0. The van der Waals surface area contributed by atoms with Crippen molar-refractivity contribution in [2.45, 2.75) is 0 Å². The van der Waals surface area contributed by atoms with E-state index in [0.29, 0.717) is 0 Å². The quantitative estimate of drug-likeness (QED) is 0.532. The molecule has 0 amide bonds. The zero-order chi connectivity index (χ0) is 6.99. The van der Waals surface area contributed by atoms with Gasteiger partial charge >= 0.3 is 0 Å². The van der Waals surface area contributed by atoms with Crippen LogP contribution in [0.1, 0.15) is 0 Å². The van der Waals surface area contributed by atoms with Crippen LogP contribution in [0.3, 0.4) is 0 Å². The molecule has 0 aromatic rings. The van der Waals surface area contributed by atoms with Gasteiger partial charge in [-0.15, -0.1) is 0 Å². The lowest BCUT2D eigenvalue weighted by atomic mass is 10.8. The highest BCUT2D eigenvalue weighted by molar-refractivity contribution is 4.57. The van der Waals surface area contributed by atoms with Gasteiger partial charge in [0.25, 0.3) is 6.08 Å². The molecule has 0 aliphatic heterocycles. The van der Waals surface area contributed by atoms with Gasteiger partial charge in [0.2, 0.25) is 0 Å². The third-order valence-electron chi connectivity index (χ3n) is 0.1000. The van der Waals surface area contributed by atoms with Gasteiger partial charge in [-0.3, -0.25) is 0 Å². The minimum Gasteiger partial charge on any atom is -0.394 e. The summed E-state index contributed by atoms with van der Waals surface area (Å²) in [5.41, 5.74) is 0. The smallest absolute Gasteiger partial charge is 0.263 e. The van der Waals surface area contributed by atoms with Gasteiger partial charge in [-0.2, -0.15) is 8.78 Å². The predicted molar refractivity (Wildman–Crippen MR) is 25.5 cm³/mol. The van der Waals surface area contributed by atoms with Crippen LogP contribution in [0, 0.1) is 0 Å². The van der Waals surface area contributed by atoms with Crippen molar-refractivity contribution in [1.82, 2.24) is 0 Å². The maximum absolute atomic E-state index is 10.1. The SMILES string of the molecule is C=C(F)F.OCCO. The maximum Gasteiger partial charge on any atom is 0.263 e. The summed E-state index contributed by atoms with van der Waals surface area (Å²) in [5, 5.41) is 15.2. The van der Waals surface area contributed by atoms with E-state index in [2.05, 4.69) is 6.58 Å². The molecule has 0 heterocycles. The lowest BCUT2D eigenvalue weighted by Gasteiger charge is -1.70. The van der Waals surface area contributed by atoms with E-state index < -0.39 is 6.08 Å². The zero-order valence-electron chi connectivity index (χ0n) is 4.27. The van der Waals surface area contributed by atoms with Crippen molar-refractivity contribution in [3.63, 3.8) is 0 Å². The van der Waals surface area contributed by atoms with Gasteiger partial charge in [0, 0.05) is 0 Å². The molecule has 0 aromatic heterocycles. The number of aliphatic hydroxyl groups excluding tert-OH is 2. The average molecular weight is 126 g/mol. The number of hydrogen-bond donors (Lipinski definition) is 2.